The smallest absolute Gasteiger partial charge is 0.363 e. The van der Waals surface area contributed by atoms with Crippen LogP contribution < -0.4 is 25.1 Å². The van der Waals surface area contributed by atoms with Gasteiger partial charge in [-0.05, 0) is 41.8 Å². The Labute approximate surface area is 200 Å². The van der Waals surface area contributed by atoms with E-state index in [2.05, 4.69) is 15.2 Å². The van der Waals surface area contributed by atoms with Crippen molar-refractivity contribution in [3.63, 3.8) is 0 Å². The predicted molar refractivity (Wildman–Crippen MR) is 128 cm³/mol. The van der Waals surface area contributed by atoms with Gasteiger partial charge < -0.3 is 34.4 Å². The number of benzene rings is 1. The Hall–Kier alpha value is -3.73. The van der Waals surface area contributed by atoms with E-state index in [-0.39, 0.29) is 40.2 Å². The third kappa shape index (κ3) is 4.16. The molecule has 1 saturated heterocycles. The molecule has 4 heterocycles. The number of nitro groups is 1. The Balaban J connectivity index is 1.38. The molecular formula is C24H26FN5O5. The summed E-state index contributed by atoms with van der Waals surface area (Å²) in [5.74, 6) is -0.542. The minimum atomic E-state index is -0.627. The van der Waals surface area contributed by atoms with Crippen LogP contribution in [0.2, 0.25) is 0 Å². The lowest BCUT2D eigenvalue weighted by Crippen LogP contribution is -2.46. The van der Waals surface area contributed by atoms with Crippen molar-refractivity contribution in [2.45, 2.75) is 38.4 Å². The summed E-state index contributed by atoms with van der Waals surface area (Å²) in [7, 11) is 1.38. The van der Waals surface area contributed by atoms with Crippen LogP contribution in [0.15, 0.2) is 35.4 Å². The zero-order chi connectivity index (χ0) is 24.7. The number of piperidine rings is 1. The lowest BCUT2D eigenvalue weighted by Gasteiger charge is -2.34. The summed E-state index contributed by atoms with van der Waals surface area (Å²) in [6.45, 7) is 4.17. The fraction of sp³-hybridized carbons (Fsp3) is 0.417. The number of pyridine rings is 2. The molecular weight excluding hydrogens is 457 g/mol. The van der Waals surface area contributed by atoms with Gasteiger partial charge >= 0.3 is 5.82 Å². The molecule has 0 bridgehead atoms. The Kier molecular flexibility index (Phi) is 6.01. The van der Waals surface area contributed by atoms with Crippen LogP contribution in [-0.4, -0.2) is 47.3 Å². The highest BCUT2D eigenvalue weighted by Gasteiger charge is 2.28. The van der Waals surface area contributed by atoms with Gasteiger partial charge in [0.2, 0.25) is 0 Å². The molecule has 0 amide bonds. The second-order valence-electron chi connectivity index (χ2n) is 8.97. The maximum atomic E-state index is 14.7. The van der Waals surface area contributed by atoms with Crippen LogP contribution in [0.5, 0.6) is 11.5 Å². The third-order valence-electron chi connectivity index (χ3n) is 6.69. The SMILES string of the molecule is COc1c(F)cc2c(=O)c(CN[C@H]3CCCN(c4ccc([N+](=O)[O-])nc4)C3)cn3c2c1OC[C@@H]3C. The molecule has 1 fully saturated rings. The van der Waals surface area contributed by atoms with Crippen LogP contribution in [0.4, 0.5) is 15.9 Å². The van der Waals surface area contributed by atoms with Crippen LogP contribution in [0.1, 0.15) is 31.4 Å². The number of hydrogen-bond donors (Lipinski definition) is 1. The van der Waals surface area contributed by atoms with Crippen molar-refractivity contribution in [3.05, 3.63) is 62.3 Å². The predicted octanol–water partition coefficient (Wildman–Crippen LogP) is 3.16. The average Bonchev–Trinajstić information content (AvgIpc) is 2.86. The van der Waals surface area contributed by atoms with Crippen LogP contribution in [-0.2, 0) is 6.54 Å². The monoisotopic (exact) mass is 483 g/mol. The van der Waals surface area contributed by atoms with Crippen LogP contribution in [0.25, 0.3) is 10.9 Å². The van der Waals surface area contributed by atoms with Gasteiger partial charge in [-0.3, -0.25) is 4.79 Å². The molecule has 0 unspecified atom stereocenters. The van der Waals surface area contributed by atoms with Gasteiger partial charge in [-0.15, -0.1) is 0 Å². The van der Waals surface area contributed by atoms with Gasteiger partial charge in [0.15, 0.2) is 28.9 Å². The summed E-state index contributed by atoms with van der Waals surface area (Å²) in [6, 6.07) is 4.42. The molecule has 0 aliphatic carbocycles. The minimum Gasteiger partial charge on any atom is -0.490 e. The third-order valence-corrected chi connectivity index (χ3v) is 6.69. The number of aromatic nitrogens is 2. The van der Waals surface area contributed by atoms with Crippen LogP contribution in [0, 0.1) is 15.9 Å². The molecule has 2 atom stereocenters. The Morgan fingerprint density at radius 3 is 2.94 bits per heavy atom. The molecule has 2 aliphatic rings. The summed E-state index contributed by atoms with van der Waals surface area (Å²) in [5.41, 5.74) is 1.68. The van der Waals surface area contributed by atoms with E-state index in [0.717, 1.165) is 25.1 Å². The molecule has 10 nitrogen and oxygen atoms in total. The molecule has 35 heavy (non-hydrogen) atoms. The summed E-state index contributed by atoms with van der Waals surface area (Å²) < 4.78 is 27.6. The first-order valence-corrected chi connectivity index (χ1v) is 11.5. The topological polar surface area (TPSA) is 112 Å². The maximum absolute atomic E-state index is 14.7. The number of halogens is 1. The zero-order valence-corrected chi connectivity index (χ0v) is 19.5. The molecule has 2 aliphatic heterocycles. The van der Waals surface area contributed by atoms with Crippen LogP contribution in [0.3, 0.4) is 0 Å². The Morgan fingerprint density at radius 1 is 1.40 bits per heavy atom. The highest BCUT2D eigenvalue weighted by atomic mass is 19.1. The normalized spacial score (nSPS) is 19.5. The molecule has 1 N–H and O–H groups in total. The molecule has 0 spiro atoms. The van der Waals surface area contributed by atoms with Gasteiger partial charge in [0.05, 0.1) is 29.7 Å². The van der Waals surface area contributed by atoms with Crippen molar-refractivity contribution in [2.24, 2.45) is 0 Å². The van der Waals surface area contributed by atoms with Crippen molar-refractivity contribution >= 4 is 22.4 Å². The van der Waals surface area contributed by atoms with E-state index in [1.165, 1.54) is 25.4 Å². The van der Waals surface area contributed by atoms with Gasteiger partial charge in [0.25, 0.3) is 0 Å². The van der Waals surface area contributed by atoms with Crippen molar-refractivity contribution in [1.29, 1.82) is 0 Å². The fourth-order valence-electron chi connectivity index (χ4n) is 4.88. The number of ether oxygens (including phenoxy) is 2. The van der Waals surface area contributed by atoms with E-state index < -0.39 is 10.7 Å². The standard InChI is InChI=1S/C24H26FN5O5/c1-14-13-35-24-21-18(8-19(25)23(24)34-2)22(31)15(11-29(14)21)9-26-16-4-3-7-28(12-16)17-5-6-20(27-10-17)30(32)33/h5-6,8,10-11,14,16,26H,3-4,7,9,12-13H2,1-2H3/t14-,16-/m0/s1. The average molecular weight is 484 g/mol. The quantitative estimate of drug-likeness (QED) is 0.420. The van der Waals surface area contributed by atoms with Crippen molar-refractivity contribution in [3.8, 4) is 11.5 Å². The van der Waals surface area contributed by atoms with Crippen molar-refractivity contribution in [1.82, 2.24) is 14.9 Å². The highest BCUT2D eigenvalue weighted by molar-refractivity contribution is 5.89. The summed E-state index contributed by atoms with van der Waals surface area (Å²) in [6.07, 6.45) is 5.20. The van der Waals surface area contributed by atoms with E-state index in [0.29, 0.717) is 30.8 Å². The fourth-order valence-corrected chi connectivity index (χ4v) is 4.88. The molecule has 0 radical (unpaired) electrons. The van der Waals surface area contributed by atoms with Gasteiger partial charge in [-0.1, -0.05) is 0 Å². The van der Waals surface area contributed by atoms with Gasteiger partial charge in [-0.2, -0.15) is 0 Å². The number of nitrogens with one attached hydrogen (secondary N) is 1. The first kappa shape index (κ1) is 23.0. The van der Waals surface area contributed by atoms with E-state index in [1.807, 2.05) is 17.7 Å². The second-order valence-corrected chi connectivity index (χ2v) is 8.97. The number of rotatable bonds is 6. The molecule has 11 heteroatoms. The van der Waals surface area contributed by atoms with E-state index in [1.54, 1.807) is 6.07 Å². The van der Waals surface area contributed by atoms with E-state index in [4.69, 9.17) is 9.47 Å². The van der Waals surface area contributed by atoms with Crippen molar-refractivity contribution < 1.29 is 18.8 Å². The van der Waals surface area contributed by atoms with Crippen molar-refractivity contribution in [2.75, 3.05) is 31.7 Å². The van der Waals surface area contributed by atoms with Crippen LogP contribution >= 0.6 is 0 Å². The van der Waals surface area contributed by atoms with Gasteiger partial charge in [0, 0.05) is 43.5 Å². The highest BCUT2D eigenvalue weighted by Crippen LogP contribution is 2.41. The van der Waals surface area contributed by atoms with E-state index in [9.17, 15) is 19.3 Å². The largest absolute Gasteiger partial charge is 0.490 e. The first-order chi connectivity index (χ1) is 16.9. The Bertz CT molecular complexity index is 1340. The first-order valence-electron chi connectivity index (χ1n) is 11.5. The van der Waals surface area contributed by atoms with Gasteiger partial charge in [0.1, 0.15) is 6.61 Å². The molecule has 2 aromatic heterocycles. The molecule has 3 aromatic rings. The zero-order valence-electron chi connectivity index (χ0n) is 19.5. The second kappa shape index (κ2) is 9.14. The van der Waals surface area contributed by atoms with Gasteiger partial charge in [-0.25, -0.2) is 4.39 Å². The Morgan fingerprint density at radius 2 is 2.23 bits per heavy atom. The molecule has 1 aromatic carbocycles. The molecule has 0 saturated carbocycles. The summed E-state index contributed by atoms with van der Waals surface area (Å²) in [4.78, 5) is 29.7. The summed E-state index contributed by atoms with van der Waals surface area (Å²) in [5, 5.41) is 14.6. The lowest BCUT2D eigenvalue weighted by molar-refractivity contribution is -0.389. The van der Waals surface area contributed by atoms with E-state index >= 15 is 0 Å². The minimum absolute atomic E-state index is 0.00598. The molecule has 5 rings (SSSR count). The number of nitrogens with zero attached hydrogens (tertiary/aromatic N) is 4. The number of methoxy groups -OCH3 is 1. The number of anilines is 1. The lowest BCUT2D eigenvalue weighted by atomic mass is 10.0. The number of hydrogen-bond acceptors (Lipinski definition) is 8. The summed E-state index contributed by atoms with van der Waals surface area (Å²) >= 11 is 0. The maximum Gasteiger partial charge on any atom is 0.363 e. The molecule has 184 valence electrons.